The molecular weight excluding hydrogens is 210 g/mol. The lowest BCUT2D eigenvalue weighted by atomic mass is 10.2. The van der Waals surface area contributed by atoms with Crippen molar-refractivity contribution in [1.29, 1.82) is 0 Å². The Morgan fingerprint density at radius 2 is 2.47 bits per heavy atom. The molecule has 0 aliphatic heterocycles. The molecule has 80 valence electrons. The maximum absolute atomic E-state index is 5.85. The van der Waals surface area contributed by atoms with Gasteiger partial charge in [-0.05, 0) is 6.42 Å². The summed E-state index contributed by atoms with van der Waals surface area (Å²) in [7, 11) is 0. The molecule has 2 rings (SSSR count). The Labute approximate surface area is 91.9 Å². The number of hydrogen-bond donors (Lipinski definition) is 1. The van der Waals surface area contributed by atoms with Crippen LogP contribution in [0, 0.1) is 0 Å². The molecule has 2 aromatic heterocycles. The van der Waals surface area contributed by atoms with Gasteiger partial charge in [0.25, 0.3) is 0 Å². The first-order chi connectivity index (χ1) is 7.29. The van der Waals surface area contributed by atoms with Crippen molar-refractivity contribution in [3.05, 3.63) is 28.5 Å². The fourth-order valence-corrected chi connectivity index (χ4v) is 1.85. The van der Waals surface area contributed by atoms with E-state index in [9.17, 15) is 0 Å². The third-order valence-electron chi connectivity index (χ3n) is 2.16. The molecule has 0 radical (unpaired) electrons. The van der Waals surface area contributed by atoms with Crippen LogP contribution in [0.5, 0.6) is 0 Å². The van der Waals surface area contributed by atoms with E-state index in [1.165, 1.54) is 0 Å². The lowest BCUT2D eigenvalue weighted by Gasteiger charge is -2.01. The summed E-state index contributed by atoms with van der Waals surface area (Å²) < 4.78 is 1.77. The zero-order valence-electron chi connectivity index (χ0n) is 8.50. The summed E-state index contributed by atoms with van der Waals surface area (Å²) in [6.45, 7) is 2.70. The zero-order valence-corrected chi connectivity index (χ0v) is 9.31. The van der Waals surface area contributed by atoms with E-state index in [4.69, 9.17) is 5.73 Å². The second kappa shape index (κ2) is 4.50. The predicted octanol–water partition coefficient (Wildman–Crippen LogP) is 1.19. The first kappa shape index (κ1) is 10.3. The Morgan fingerprint density at radius 1 is 1.60 bits per heavy atom. The van der Waals surface area contributed by atoms with E-state index in [2.05, 4.69) is 15.3 Å². The maximum atomic E-state index is 5.85. The number of nitrogens with zero attached hydrogens (tertiary/aromatic N) is 4. The van der Waals surface area contributed by atoms with Gasteiger partial charge in [-0.3, -0.25) is 0 Å². The Kier molecular flexibility index (Phi) is 3.08. The average molecular weight is 223 g/mol. The Bertz CT molecular complexity index is 408. The van der Waals surface area contributed by atoms with E-state index in [0.29, 0.717) is 6.54 Å². The highest BCUT2D eigenvalue weighted by molar-refractivity contribution is 7.09. The van der Waals surface area contributed by atoms with Crippen molar-refractivity contribution in [2.24, 2.45) is 5.73 Å². The first-order valence-corrected chi connectivity index (χ1v) is 5.71. The molecule has 0 amide bonds. The molecule has 6 heteroatoms. The highest BCUT2D eigenvalue weighted by Gasteiger charge is 2.08. The van der Waals surface area contributed by atoms with Crippen molar-refractivity contribution in [1.82, 2.24) is 20.0 Å². The van der Waals surface area contributed by atoms with E-state index < -0.39 is 0 Å². The van der Waals surface area contributed by atoms with E-state index in [1.54, 1.807) is 22.2 Å². The summed E-state index contributed by atoms with van der Waals surface area (Å²) in [5, 5.41) is 11.0. The summed E-state index contributed by atoms with van der Waals surface area (Å²) >= 11 is 1.61. The molecule has 0 aliphatic carbocycles. The fraction of sp³-hybridized carbons (Fsp3) is 0.444. The molecule has 2 heterocycles. The summed E-state index contributed by atoms with van der Waals surface area (Å²) in [6, 6.07) is -0.0185. The van der Waals surface area contributed by atoms with Crippen LogP contribution in [0.2, 0.25) is 0 Å². The second-order valence-corrected chi connectivity index (χ2v) is 4.26. The van der Waals surface area contributed by atoms with Gasteiger partial charge in [-0.2, -0.15) is 0 Å². The normalized spacial score (nSPS) is 12.9. The molecule has 0 fully saturated rings. The van der Waals surface area contributed by atoms with Crippen LogP contribution in [0.4, 0.5) is 0 Å². The van der Waals surface area contributed by atoms with Crippen molar-refractivity contribution in [3.63, 3.8) is 0 Å². The second-order valence-electron chi connectivity index (χ2n) is 3.28. The maximum Gasteiger partial charge on any atom is 0.114 e. The molecule has 2 N–H and O–H groups in total. The van der Waals surface area contributed by atoms with Crippen LogP contribution in [0.3, 0.4) is 0 Å². The van der Waals surface area contributed by atoms with Gasteiger partial charge < -0.3 is 5.73 Å². The van der Waals surface area contributed by atoms with Gasteiger partial charge in [0.2, 0.25) is 0 Å². The summed E-state index contributed by atoms with van der Waals surface area (Å²) in [5.74, 6) is 0. The van der Waals surface area contributed by atoms with Gasteiger partial charge >= 0.3 is 0 Å². The first-order valence-electron chi connectivity index (χ1n) is 4.83. The number of rotatable bonds is 4. The van der Waals surface area contributed by atoms with E-state index in [-0.39, 0.29) is 6.04 Å². The molecule has 1 atom stereocenters. The standard InChI is InChI=1S/C9H13N5S/c1-2-7(10)8-5-14(13-12-8)6-9-11-3-4-15-9/h3-5,7H,2,6,10H2,1H3. The van der Waals surface area contributed by atoms with Gasteiger partial charge in [0.15, 0.2) is 0 Å². The van der Waals surface area contributed by atoms with Crippen LogP contribution in [0.1, 0.15) is 30.1 Å². The van der Waals surface area contributed by atoms with Gasteiger partial charge in [0, 0.05) is 11.6 Å². The van der Waals surface area contributed by atoms with Gasteiger partial charge in [0.1, 0.15) is 5.01 Å². The molecule has 0 spiro atoms. The van der Waals surface area contributed by atoms with Crippen molar-refractivity contribution in [2.75, 3.05) is 0 Å². The number of aromatic nitrogens is 4. The Morgan fingerprint density at radius 3 is 3.13 bits per heavy atom. The zero-order chi connectivity index (χ0) is 10.7. The smallest absolute Gasteiger partial charge is 0.114 e. The quantitative estimate of drug-likeness (QED) is 0.845. The minimum Gasteiger partial charge on any atom is -0.323 e. The van der Waals surface area contributed by atoms with Crippen LogP contribution in [0.15, 0.2) is 17.8 Å². The Balaban J connectivity index is 2.07. The van der Waals surface area contributed by atoms with E-state index >= 15 is 0 Å². The summed E-state index contributed by atoms with van der Waals surface area (Å²) in [5.41, 5.74) is 6.69. The van der Waals surface area contributed by atoms with Crippen molar-refractivity contribution < 1.29 is 0 Å². The van der Waals surface area contributed by atoms with Crippen molar-refractivity contribution >= 4 is 11.3 Å². The van der Waals surface area contributed by atoms with Crippen LogP contribution < -0.4 is 5.73 Å². The van der Waals surface area contributed by atoms with Gasteiger partial charge in [-0.15, -0.1) is 16.4 Å². The fourth-order valence-electron chi connectivity index (χ4n) is 1.24. The predicted molar refractivity (Wildman–Crippen MR) is 58.5 cm³/mol. The summed E-state index contributed by atoms with van der Waals surface area (Å²) in [6.07, 6.45) is 4.54. The molecule has 15 heavy (non-hydrogen) atoms. The van der Waals surface area contributed by atoms with Crippen molar-refractivity contribution in [2.45, 2.75) is 25.9 Å². The molecule has 0 saturated carbocycles. The SMILES string of the molecule is CCC(N)c1cn(Cc2nccs2)nn1. The van der Waals surface area contributed by atoms with Gasteiger partial charge in [-0.1, -0.05) is 12.1 Å². The lowest BCUT2D eigenvalue weighted by molar-refractivity contribution is 0.642. The minimum atomic E-state index is -0.0185. The van der Waals surface area contributed by atoms with Crippen LogP contribution in [-0.4, -0.2) is 20.0 Å². The van der Waals surface area contributed by atoms with Crippen LogP contribution in [-0.2, 0) is 6.54 Å². The molecule has 0 aliphatic rings. The molecule has 2 aromatic rings. The molecule has 0 aromatic carbocycles. The molecule has 0 bridgehead atoms. The van der Waals surface area contributed by atoms with Crippen molar-refractivity contribution in [3.8, 4) is 0 Å². The highest BCUT2D eigenvalue weighted by atomic mass is 32.1. The Hall–Kier alpha value is -1.27. The monoisotopic (exact) mass is 223 g/mol. The largest absolute Gasteiger partial charge is 0.323 e. The minimum absolute atomic E-state index is 0.0185. The van der Waals surface area contributed by atoms with E-state index in [0.717, 1.165) is 17.1 Å². The van der Waals surface area contributed by atoms with Crippen LogP contribution in [0.25, 0.3) is 0 Å². The average Bonchev–Trinajstić information content (AvgIpc) is 2.88. The third kappa shape index (κ3) is 2.40. The number of hydrogen-bond acceptors (Lipinski definition) is 5. The topological polar surface area (TPSA) is 69.6 Å². The third-order valence-corrected chi connectivity index (χ3v) is 2.92. The number of thiazole rings is 1. The molecule has 5 nitrogen and oxygen atoms in total. The summed E-state index contributed by atoms with van der Waals surface area (Å²) in [4.78, 5) is 4.18. The highest BCUT2D eigenvalue weighted by Crippen LogP contribution is 2.11. The van der Waals surface area contributed by atoms with E-state index in [1.807, 2.05) is 18.5 Å². The molecule has 1 unspecified atom stereocenters. The molecular formula is C9H13N5S. The van der Waals surface area contributed by atoms with Crippen LogP contribution >= 0.6 is 11.3 Å². The van der Waals surface area contributed by atoms with Gasteiger partial charge in [-0.25, -0.2) is 9.67 Å². The lowest BCUT2D eigenvalue weighted by Crippen LogP contribution is -2.08. The van der Waals surface area contributed by atoms with Gasteiger partial charge in [0.05, 0.1) is 24.5 Å². The number of nitrogens with two attached hydrogens (primary N) is 1. The molecule has 0 saturated heterocycles.